The summed E-state index contributed by atoms with van der Waals surface area (Å²) in [4.78, 5) is 9.73. The Morgan fingerprint density at radius 2 is 2.22 bits per heavy atom. The van der Waals surface area contributed by atoms with Gasteiger partial charge in [-0.25, -0.2) is 0 Å². The largest absolute Gasteiger partial charge is 0.394 e. The van der Waals surface area contributed by atoms with Crippen LogP contribution in [0.1, 0.15) is 19.3 Å². The number of aldehydes is 1. The van der Waals surface area contributed by atoms with Crippen molar-refractivity contribution in [1.29, 1.82) is 0 Å². The first-order chi connectivity index (χ1) is 4.31. The standard InChI is InChI=1S/C6H12O3/c7-4-2-1-3-6(9)5-8/h4,6,8-9H,1-3,5H2/t6-/m0/s1. The zero-order chi connectivity index (χ0) is 7.11. The summed E-state index contributed by atoms with van der Waals surface area (Å²) in [5.41, 5.74) is 0. The van der Waals surface area contributed by atoms with E-state index in [1.807, 2.05) is 0 Å². The fourth-order valence-electron chi connectivity index (χ4n) is 0.528. The Morgan fingerprint density at radius 1 is 1.56 bits per heavy atom. The third-order valence-corrected chi connectivity index (χ3v) is 1.07. The van der Waals surface area contributed by atoms with Gasteiger partial charge in [-0.3, -0.25) is 0 Å². The Labute approximate surface area is 54.3 Å². The normalized spacial score (nSPS) is 13.1. The number of aliphatic hydroxyl groups excluding tert-OH is 2. The molecule has 0 aliphatic heterocycles. The maximum Gasteiger partial charge on any atom is 0.119 e. The summed E-state index contributed by atoms with van der Waals surface area (Å²) in [6, 6.07) is 0. The topological polar surface area (TPSA) is 57.5 Å². The van der Waals surface area contributed by atoms with Gasteiger partial charge in [0.15, 0.2) is 0 Å². The highest BCUT2D eigenvalue weighted by molar-refractivity contribution is 5.48. The Kier molecular flexibility index (Phi) is 5.46. The first-order valence-electron chi connectivity index (χ1n) is 3.03. The van der Waals surface area contributed by atoms with Gasteiger partial charge in [-0.15, -0.1) is 0 Å². The highest BCUT2D eigenvalue weighted by Crippen LogP contribution is 1.97. The molecule has 0 spiro atoms. The van der Waals surface area contributed by atoms with Gasteiger partial charge in [-0.1, -0.05) is 0 Å². The zero-order valence-electron chi connectivity index (χ0n) is 5.29. The van der Waals surface area contributed by atoms with E-state index in [2.05, 4.69) is 0 Å². The lowest BCUT2D eigenvalue weighted by atomic mass is 10.2. The van der Waals surface area contributed by atoms with Crippen LogP contribution in [0.25, 0.3) is 0 Å². The molecule has 0 aromatic heterocycles. The molecule has 0 aliphatic rings. The van der Waals surface area contributed by atoms with Crippen LogP contribution in [-0.4, -0.2) is 29.2 Å². The molecule has 0 heterocycles. The summed E-state index contributed by atoms with van der Waals surface area (Å²) >= 11 is 0. The zero-order valence-corrected chi connectivity index (χ0v) is 5.29. The third kappa shape index (κ3) is 5.46. The highest BCUT2D eigenvalue weighted by atomic mass is 16.3. The molecular formula is C6H12O3. The smallest absolute Gasteiger partial charge is 0.119 e. The molecule has 0 saturated heterocycles. The fourth-order valence-corrected chi connectivity index (χ4v) is 0.528. The van der Waals surface area contributed by atoms with Crippen LogP contribution in [-0.2, 0) is 4.79 Å². The number of hydrogen-bond acceptors (Lipinski definition) is 3. The number of carbonyl (C=O) groups excluding carboxylic acids is 1. The van der Waals surface area contributed by atoms with E-state index in [0.29, 0.717) is 19.3 Å². The lowest BCUT2D eigenvalue weighted by molar-refractivity contribution is -0.108. The SMILES string of the molecule is O=CCCC[C@H](O)CO. The van der Waals surface area contributed by atoms with Gasteiger partial charge in [-0.2, -0.15) is 0 Å². The summed E-state index contributed by atoms with van der Waals surface area (Å²) in [5.74, 6) is 0. The second-order valence-corrected chi connectivity index (χ2v) is 1.93. The number of carbonyl (C=O) groups is 1. The van der Waals surface area contributed by atoms with Gasteiger partial charge in [0, 0.05) is 6.42 Å². The minimum absolute atomic E-state index is 0.209. The van der Waals surface area contributed by atoms with Gasteiger partial charge in [0.2, 0.25) is 0 Å². The van der Waals surface area contributed by atoms with Gasteiger partial charge < -0.3 is 15.0 Å². The number of rotatable bonds is 5. The fraction of sp³-hybridized carbons (Fsp3) is 0.833. The van der Waals surface area contributed by atoms with Gasteiger partial charge >= 0.3 is 0 Å². The summed E-state index contributed by atoms with van der Waals surface area (Å²) in [7, 11) is 0. The minimum Gasteiger partial charge on any atom is -0.394 e. The molecule has 0 aromatic carbocycles. The molecule has 0 radical (unpaired) electrons. The van der Waals surface area contributed by atoms with Crippen molar-refractivity contribution in [3.05, 3.63) is 0 Å². The molecule has 0 amide bonds. The Bertz CT molecular complexity index is 72.7. The molecule has 0 fully saturated rings. The Morgan fingerprint density at radius 3 is 2.67 bits per heavy atom. The van der Waals surface area contributed by atoms with Crippen LogP contribution in [0.3, 0.4) is 0 Å². The van der Waals surface area contributed by atoms with Crippen molar-refractivity contribution in [1.82, 2.24) is 0 Å². The second kappa shape index (κ2) is 5.72. The maximum atomic E-state index is 9.73. The molecular weight excluding hydrogens is 120 g/mol. The first-order valence-corrected chi connectivity index (χ1v) is 3.03. The lowest BCUT2D eigenvalue weighted by Crippen LogP contribution is -2.11. The van der Waals surface area contributed by atoms with Crippen LogP contribution in [0.5, 0.6) is 0 Å². The molecule has 2 N–H and O–H groups in total. The van der Waals surface area contributed by atoms with Crippen molar-refractivity contribution in [2.75, 3.05) is 6.61 Å². The van der Waals surface area contributed by atoms with E-state index in [1.54, 1.807) is 0 Å². The first kappa shape index (κ1) is 8.59. The van der Waals surface area contributed by atoms with Crippen molar-refractivity contribution in [2.24, 2.45) is 0 Å². The van der Waals surface area contributed by atoms with Crippen LogP contribution in [0.15, 0.2) is 0 Å². The van der Waals surface area contributed by atoms with Crippen molar-refractivity contribution in [2.45, 2.75) is 25.4 Å². The van der Waals surface area contributed by atoms with Gasteiger partial charge in [0.05, 0.1) is 12.7 Å². The summed E-state index contributed by atoms with van der Waals surface area (Å²) in [6.45, 7) is -0.209. The minimum atomic E-state index is -0.648. The summed E-state index contributed by atoms with van der Waals surface area (Å²) in [6.07, 6.45) is 1.80. The molecule has 3 nitrogen and oxygen atoms in total. The van der Waals surface area contributed by atoms with E-state index in [4.69, 9.17) is 10.2 Å². The predicted molar refractivity (Wildman–Crippen MR) is 33.0 cm³/mol. The van der Waals surface area contributed by atoms with Gasteiger partial charge in [-0.05, 0) is 12.8 Å². The molecule has 0 aliphatic carbocycles. The van der Waals surface area contributed by atoms with Crippen molar-refractivity contribution < 1.29 is 15.0 Å². The Hall–Kier alpha value is -0.410. The van der Waals surface area contributed by atoms with Gasteiger partial charge in [0.1, 0.15) is 6.29 Å². The highest BCUT2D eigenvalue weighted by Gasteiger charge is 1.98. The number of unbranched alkanes of at least 4 members (excludes halogenated alkanes) is 1. The number of aliphatic hydroxyl groups is 2. The van der Waals surface area contributed by atoms with Gasteiger partial charge in [0.25, 0.3) is 0 Å². The quantitative estimate of drug-likeness (QED) is 0.399. The molecule has 1 atom stereocenters. The third-order valence-electron chi connectivity index (χ3n) is 1.07. The van der Waals surface area contributed by atoms with E-state index in [-0.39, 0.29) is 6.61 Å². The summed E-state index contributed by atoms with van der Waals surface area (Å²) < 4.78 is 0. The molecule has 0 rings (SSSR count). The average molecular weight is 132 g/mol. The van der Waals surface area contributed by atoms with Crippen LogP contribution in [0.2, 0.25) is 0 Å². The monoisotopic (exact) mass is 132 g/mol. The molecule has 0 aromatic rings. The maximum absolute atomic E-state index is 9.73. The average Bonchev–Trinajstić information content (AvgIpc) is 1.89. The van der Waals surface area contributed by atoms with Crippen LogP contribution in [0.4, 0.5) is 0 Å². The van der Waals surface area contributed by atoms with E-state index >= 15 is 0 Å². The Balaban J connectivity index is 2.96. The molecule has 0 bridgehead atoms. The molecule has 54 valence electrons. The number of hydrogen-bond donors (Lipinski definition) is 2. The van der Waals surface area contributed by atoms with Crippen molar-refractivity contribution >= 4 is 6.29 Å². The predicted octanol–water partition coefficient (Wildman–Crippen LogP) is -0.291. The van der Waals surface area contributed by atoms with E-state index in [1.165, 1.54) is 0 Å². The van der Waals surface area contributed by atoms with Crippen molar-refractivity contribution in [3.8, 4) is 0 Å². The van der Waals surface area contributed by atoms with E-state index in [0.717, 1.165) is 6.29 Å². The molecule has 9 heavy (non-hydrogen) atoms. The molecule has 0 saturated carbocycles. The van der Waals surface area contributed by atoms with Crippen molar-refractivity contribution in [3.63, 3.8) is 0 Å². The van der Waals surface area contributed by atoms with E-state index in [9.17, 15) is 4.79 Å². The van der Waals surface area contributed by atoms with Crippen LogP contribution < -0.4 is 0 Å². The molecule has 3 heteroatoms. The second-order valence-electron chi connectivity index (χ2n) is 1.93. The summed E-state index contributed by atoms with van der Waals surface area (Å²) in [5, 5.41) is 17.0. The van der Waals surface area contributed by atoms with Crippen LogP contribution in [0, 0.1) is 0 Å². The molecule has 0 unspecified atom stereocenters. The van der Waals surface area contributed by atoms with E-state index < -0.39 is 6.10 Å². The van der Waals surface area contributed by atoms with Crippen LogP contribution >= 0.6 is 0 Å². The lowest BCUT2D eigenvalue weighted by Gasteiger charge is -2.02.